The molecule has 0 radical (unpaired) electrons. The van der Waals surface area contributed by atoms with Crippen LogP contribution in [0.5, 0.6) is 5.75 Å². The van der Waals surface area contributed by atoms with Crippen LogP contribution >= 0.6 is 11.8 Å². The van der Waals surface area contributed by atoms with Gasteiger partial charge in [-0.1, -0.05) is 23.9 Å². The molecule has 3 aromatic rings. The average Bonchev–Trinajstić information content (AvgIpc) is 3.43. The third-order valence-corrected chi connectivity index (χ3v) is 6.62. The lowest BCUT2D eigenvalue weighted by Gasteiger charge is -2.28. The number of benzene rings is 2. The summed E-state index contributed by atoms with van der Waals surface area (Å²) in [4.78, 5) is 26.0. The standard InChI is InChI=1S/C27H22FN3O4S/c1-16-24(26(33)31-21-7-4-3-6-20(21)28)25(23-8-5-13-35-23)19(14-29)27(30-16)36-15-22(32)17-9-11-18(34-2)12-10-17/h3-13,25,30H,15H2,1-2H3,(H,31,33)/t25-/m1/s1. The monoisotopic (exact) mass is 503 g/mol. The maximum atomic E-state index is 14.2. The largest absolute Gasteiger partial charge is 0.497 e. The summed E-state index contributed by atoms with van der Waals surface area (Å²) in [6, 6.07) is 18.1. The van der Waals surface area contributed by atoms with Gasteiger partial charge in [-0.05, 0) is 55.5 Å². The number of para-hydroxylation sites is 1. The number of thioether (sulfide) groups is 1. The SMILES string of the molecule is COc1ccc(C(=O)CSC2=C(C#N)[C@H](c3ccco3)C(C(=O)Nc3ccccc3F)=C(C)N2)cc1. The van der Waals surface area contributed by atoms with Crippen molar-refractivity contribution in [2.45, 2.75) is 12.8 Å². The van der Waals surface area contributed by atoms with Crippen LogP contribution in [0.4, 0.5) is 10.1 Å². The molecule has 0 saturated heterocycles. The number of Topliss-reactive ketones (excluding diaryl/α,β-unsaturated/α-hetero) is 1. The molecular formula is C27H22FN3O4S. The number of halogens is 1. The maximum Gasteiger partial charge on any atom is 0.254 e. The molecule has 0 fully saturated rings. The van der Waals surface area contributed by atoms with Gasteiger partial charge in [-0.3, -0.25) is 9.59 Å². The number of furan rings is 1. The molecule has 36 heavy (non-hydrogen) atoms. The number of carbonyl (C=O) groups is 2. The predicted octanol–water partition coefficient (Wildman–Crippen LogP) is 5.38. The van der Waals surface area contributed by atoms with Gasteiger partial charge in [0, 0.05) is 11.3 Å². The van der Waals surface area contributed by atoms with Crippen molar-refractivity contribution in [1.82, 2.24) is 5.32 Å². The number of ketones is 1. The minimum absolute atomic E-state index is 0.0220. The Morgan fingerprint density at radius 1 is 1.17 bits per heavy atom. The normalized spacial score (nSPS) is 15.2. The highest BCUT2D eigenvalue weighted by Gasteiger charge is 2.36. The van der Waals surface area contributed by atoms with Gasteiger partial charge in [0.1, 0.15) is 17.3 Å². The van der Waals surface area contributed by atoms with E-state index >= 15 is 0 Å². The summed E-state index contributed by atoms with van der Waals surface area (Å²) in [7, 11) is 1.55. The van der Waals surface area contributed by atoms with Crippen LogP contribution < -0.4 is 15.4 Å². The van der Waals surface area contributed by atoms with E-state index in [1.165, 1.54) is 36.2 Å². The molecule has 2 aromatic carbocycles. The molecular weight excluding hydrogens is 481 g/mol. The fourth-order valence-corrected chi connectivity index (χ4v) is 4.80. The van der Waals surface area contributed by atoms with E-state index in [-0.39, 0.29) is 28.4 Å². The van der Waals surface area contributed by atoms with Crippen LogP contribution in [0.1, 0.15) is 29.0 Å². The molecule has 2 heterocycles. The number of ether oxygens (including phenoxy) is 1. The molecule has 7 nitrogen and oxygen atoms in total. The molecule has 0 saturated carbocycles. The number of allylic oxidation sites excluding steroid dienone is 2. The Kier molecular flexibility index (Phi) is 7.56. The van der Waals surface area contributed by atoms with E-state index in [1.807, 2.05) is 0 Å². The smallest absolute Gasteiger partial charge is 0.254 e. The van der Waals surface area contributed by atoms with Crippen LogP contribution in [-0.4, -0.2) is 24.6 Å². The first-order chi connectivity index (χ1) is 17.4. The van der Waals surface area contributed by atoms with Crippen molar-refractivity contribution in [1.29, 1.82) is 5.26 Å². The lowest BCUT2D eigenvalue weighted by Crippen LogP contribution is -2.31. The summed E-state index contributed by atoms with van der Waals surface area (Å²) < 4.78 is 24.9. The second-order valence-corrected chi connectivity index (χ2v) is 8.83. The molecule has 0 unspecified atom stereocenters. The molecule has 0 bridgehead atoms. The van der Waals surface area contributed by atoms with E-state index in [9.17, 15) is 19.2 Å². The van der Waals surface area contributed by atoms with Gasteiger partial charge >= 0.3 is 0 Å². The van der Waals surface area contributed by atoms with Crippen LogP contribution in [0.3, 0.4) is 0 Å². The Balaban J connectivity index is 1.62. The first kappa shape index (κ1) is 24.8. The number of nitriles is 1. The van der Waals surface area contributed by atoms with E-state index in [0.717, 1.165) is 0 Å². The average molecular weight is 504 g/mol. The third-order valence-electron chi connectivity index (χ3n) is 5.60. The first-order valence-electron chi connectivity index (χ1n) is 10.9. The molecule has 2 N–H and O–H groups in total. The van der Waals surface area contributed by atoms with Crippen LogP contribution in [0.25, 0.3) is 0 Å². The molecule has 0 spiro atoms. The van der Waals surface area contributed by atoms with Gasteiger partial charge in [0.15, 0.2) is 5.78 Å². The second-order valence-electron chi connectivity index (χ2n) is 7.84. The summed E-state index contributed by atoms with van der Waals surface area (Å²) >= 11 is 1.17. The Bertz CT molecular complexity index is 1390. The molecule has 1 aromatic heterocycles. The Morgan fingerprint density at radius 2 is 1.92 bits per heavy atom. The molecule has 1 atom stereocenters. The number of anilines is 1. The number of carbonyl (C=O) groups excluding carboxylic acids is 2. The minimum atomic E-state index is -0.836. The zero-order valence-corrected chi connectivity index (χ0v) is 20.3. The highest BCUT2D eigenvalue weighted by Crippen LogP contribution is 2.41. The van der Waals surface area contributed by atoms with Crippen LogP contribution in [0, 0.1) is 17.1 Å². The maximum absolute atomic E-state index is 14.2. The number of hydrogen-bond acceptors (Lipinski definition) is 7. The molecule has 1 aliphatic rings. The first-order valence-corrected chi connectivity index (χ1v) is 11.9. The lowest BCUT2D eigenvalue weighted by atomic mass is 9.85. The van der Waals surface area contributed by atoms with Crippen LogP contribution in [0.2, 0.25) is 0 Å². The quantitative estimate of drug-likeness (QED) is 0.398. The number of nitrogens with zero attached hydrogens (tertiary/aromatic N) is 1. The van der Waals surface area contributed by atoms with Crippen molar-refractivity contribution >= 4 is 29.1 Å². The summed E-state index contributed by atoms with van der Waals surface area (Å²) in [6.07, 6.45) is 1.45. The zero-order chi connectivity index (χ0) is 25.7. The number of methoxy groups -OCH3 is 1. The number of nitrogens with one attached hydrogen (secondary N) is 2. The fourth-order valence-electron chi connectivity index (χ4n) is 3.82. The number of rotatable bonds is 8. The van der Waals surface area contributed by atoms with E-state index in [4.69, 9.17) is 9.15 Å². The number of hydrogen-bond donors (Lipinski definition) is 2. The van der Waals surface area contributed by atoms with Crippen LogP contribution in [0.15, 0.2) is 93.2 Å². The van der Waals surface area contributed by atoms with Crippen molar-refractivity contribution in [3.05, 3.63) is 106 Å². The van der Waals surface area contributed by atoms with Gasteiger partial charge in [0.05, 0.1) is 53.0 Å². The Hall–Kier alpha value is -4.29. The van der Waals surface area contributed by atoms with Gasteiger partial charge in [-0.15, -0.1) is 0 Å². The van der Waals surface area contributed by atoms with Crippen molar-refractivity contribution in [3.63, 3.8) is 0 Å². The van der Waals surface area contributed by atoms with E-state index in [0.29, 0.717) is 27.8 Å². The molecule has 4 rings (SSSR count). The van der Waals surface area contributed by atoms with Gasteiger partial charge in [-0.2, -0.15) is 5.26 Å². The topological polar surface area (TPSA) is 104 Å². The Labute approximate surface area is 211 Å². The van der Waals surface area contributed by atoms with Gasteiger partial charge in [0.2, 0.25) is 0 Å². The van der Waals surface area contributed by atoms with E-state index in [1.54, 1.807) is 56.5 Å². The summed E-state index contributed by atoms with van der Waals surface area (Å²) in [5, 5.41) is 16.2. The van der Waals surface area contributed by atoms with Gasteiger partial charge < -0.3 is 19.8 Å². The van der Waals surface area contributed by atoms with Crippen molar-refractivity contribution in [2.24, 2.45) is 0 Å². The third kappa shape index (κ3) is 5.19. The van der Waals surface area contributed by atoms with Gasteiger partial charge in [0.25, 0.3) is 5.91 Å². The summed E-state index contributed by atoms with van der Waals surface area (Å²) in [5.41, 5.74) is 1.44. The second kappa shape index (κ2) is 11.0. The van der Waals surface area contributed by atoms with Crippen molar-refractivity contribution < 1.29 is 23.1 Å². The van der Waals surface area contributed by atoms with Crippen molar-refractivity contribution in [3.8, 4) is 11.8 Å². The minimum Gasteiger partial charge on any atom is -0.497 e. The predicted molar refractivity (Wildman–Crippen MR) is 135 cm³/mol. The van der Waals surface area contributed by atoms with E-state index in [2.05, 4.69) is 16.7 Å². The van der Waals surface area contributed by atoms with E-state index < -0.39 is 17.6 Å². The number of dihydropyridines is 1. The van der Waals surface area contributed by atoms with Crippen LogP contribution in [-0.2, 0) is 4.79 Å². The fraction of sp³-hybridized carbons (Fsp3) is 0.148. The molecule has 9 heteroatoms. The lowest BCUT2D eigenvalue weighted by molar-refractivity contribution is -0.113. The molecule has 1 aliphatic heterocycles. The summed E-state index contributed by atoms with van der Waals surface area (Å²) in [6.45, 7) is 1.69. The number of amides is 1. The summed E-state index contributed by atoms with van der Waals surface area (Å²) in [5.74, 6) is -1.03. The highest BCUT2D eigenvalue weighted by atomic mass is 32.2. The van der Waals surface area contributed by atoms with Gasteiger partial charge in [-0.25, -0.2) is 4.39 Å². The molecule has 1 amide bonds. The molecule has 0 aliphatic carbocycles. The molecule has 182 valence electrons. The highest BCUT2D eigenvalue weighted by molar-refractivity contribution is 8.03. The van der Waals surface area contributed by atoms with Crippen molar-refractivity contribution in [2.75, 3.05) is 18.2 Å². The Morgan fingerprint density at radius 3 is 2.56 bits per heavy atom. The zero-order valence-electron chi connectivity index (χ0n) is 19.5.